The molecule has 0 heterocycles. The van der Waals surface area contributed by atoms with Crippen LogP contribution in [0.3, 0.4) is 0 Å². The van der Waals surface area contributed by atoms with Crippen LogP contribution in [0.25, 0.3) is 0 Å². The van der Waals surface area contributed by atoms with Gasteiger partial charge in [0.25, 0.3) is 0 Å². The quantitative estimate of drug-likeness (QED) is 0.607. The van der Waals surface area contributed by atoms with Crippen molar-refractivity contribution in [2.45, 2.75) is 26.2 Å². The first-order valence-corrected chi connectivity index (χ1v) is 6.20. The molecule has 0 aromatic heterocycles. The van der Waals surface area contributed by atoms with Gasteiger partial charge in [-0.15, -0.1) is 0 Å². The van der Waals surface area contributed by atoms with Gasteiger partial charge in [-0.2, -0.15) is 0 Å². The highest BCUT2D eigenvalue weighted by molar-refractivity contribution is 8.14. The Bertz CT molecular complexity index is 198. The lowest BCUT2D eigenvalue weighted by molar-refractivity contribution is -0.118. The van der Waals surface area contributed by atoms with Gasteiger partial charge in [0.1, 0.15) is 0 Å². The third kappa shape index (κ3) is 11.4. The minimum atomic E-state index is -0.0520. The highest BCUT2D eigenvalue weighted by atomic mass is 32.2. The van der Waals surface area contributed by atoms with Crippen LogP contribution in [0.1, 0.15) is 26.2 Å². The molecule has 0 aromatic rings. The maximum atomic E-state index is 11.1. The van der Waals surface area contributed by atoms with E-state index >= 15 is 0 Å². The maximum absolute atomic E-state index is 11.1. The van der Waals surface area contributed by atoms with Gasteiger partial charge in [0.2, 0.25) is 5.91 Å². The minimum absolute atomic E-state index is 0.0147. The van der Waals surface area contributed by atoms with E-state index in [1.54, 1.807) is 0 Å². The Morgan fingerprint density at radius 2 is 1.80 bits per heavy atom. The van der Waals surface area contributed by atoms with Gasteiger partial charge >= 0.3 is 0 Å². The average molecular weight is 232 g/mol. The van der Waals surface area contributed by atoms with Gasteiger partial charge in [-0.3, -0.25) is 9.59 Å². The van der Waals surface area contributed by atoms with Gasteiger partial charge in [0.05, 0.1) is 5.75 Å². The van der Waals surface area contributed by atoms with Crippen LogP contribution in [0.4, 0.5) is 0 Å². The summed E-state index contributed by atoms with van der Waals surface area (Å²) < 4.78 is 0. The number of hydrogen-bond acceptors (Lipinski definition) is 4. The molecule has 0 spiro atoms. The molecule has 15 heavy (non-hydrogen) atoms. The average Bonchev–Trinajstić information content (AvgIpc) is 2.20. The highest BCUT2D eigenvalue weighted by Gasteiger charge is 2.02. The molecule has 0 aliphatic heterocycles. The van der Waals surface area contributed by atoms with E-state index in [-0.39, 0.29) is 16.8 Å². The molecule has 0 rings (SSSR count). The molecule has 4 nitrogen and oxygen atoms in total. The number of amides is 1. The number of unbranched alkanes of at least 4 members (excludes halogenated alkanes) is 2. The van der Waals surface area contributed by atoms with Crippen molar-refractivity contribution >= 4 is 22.8 Å². The normalized spacial score (nSPS) is 10.0. The number of carbonyl (C=O) groups is 2. The van der Waals surface area contributed by atoms with Crippen LogP contribution in [0.2, 0.25) is 0 Å². The van der Waals surface area contributed by atoms with Crippen molar-refractivity contribution in [3.63, 3.8) is 0 Å². The van der Waals surface area contributed by atoms with Crippen LogP contribution < -0.4 is 10.6 Å². The van der Waals surface area contributed by atoms with E-state index in [1.807, 2.05) is 7.05 Å². The number of rotatable bonds is 8. The number of hydrogen-bond donors (Lipinski definition) is 2. The van der Waals surface area contributed by atoms with E-state index < -0.39 is 0 Å². The molecule has 0 saturated heterocycles. The summed E-state index contributed by atoms with van der Waals surface area (Å²) in [6.07, 6.45) is 3.24. The lowest BCUT2D eigenvalue weighted by Crippen LogP contribution is -2.26. The molecule has 0 atom stereocenters. The first-order valence-electron chi connectivity index (χ1n) is 5.21. The van der Waals surface area contributed by atoms with Crippen LogP contribution in [0, 0.1) is 0 Å². The minimum Gasteiger partial charge on any atom is -0.355 e. The van der Waals surface area contributed by atoms with Gasteiger partial charge < -0.3 is 10.6 Å². The van der Waals surface area contributed by atoms with E-state index in [1.165, 1.54) is 6.92 Å². The zero-order valence-corrected chi connectivity index (χ0v) is 10.3. The van der Waals surface area contributed by atoms with Crippen LogP contribution in [0.15, 0.2) is 0 Å². The van der Waals surface area contributed by atoms with E-state index in [2.05, 4.69) is 10.6 Å². The lowest BCUT2D eigenvalue weighted by Gasteiger charge is -2.03. The van der Waals surface area contributed by atoms with Crippen molar-refractivity contribution in [3.8, 4) is 0 Å². The first kappa shape index (κ1) is 14.5. The Labute approximate surface area is 95.6 Å². The van der Waals surface area contributed by atoms with Crippen LogP contribution >= 0.6 is 11.8 Å². The summed E-state index contributed by atoms with van der Waals surface area (Å²) in [5, 5.41) is 5.84. The molecule has 0 aliphatic carbocycles. The molecule has 0 saturated carbocycles. The van der Waals surface area contributed by atoms with Crippen molar-refractivity contribution in [2.24, 2.45) is 0 Å². The van der Waals surface area contributed by atoms with Crippen LogP contribution in [-0.4, -0.2) is 36.9 Å². The molecular formula is C10H20N2O2S. The first-order chi connectivity index (χ1) is 7.16. The van der Waals surface area contributed by atoms with Crippen molar-refractivity contribution in [1.82, 2.24) is 10.6 Å². The number of nitrogens with one attached hydrogen (secondary N) is 2. The smallest absolute Gasteiger partial charge is 0.230 e. The Morgan fingerprint density at radius 3 is 2.40 bits per heavy atom. The second-order valence-electron chi connectivity index (χ2n) is 3.29. The van der Waals surface area contributed by atoms with Crippen molar-refractivity contribution < 1.29 is 9.59 Å². The topological polar surface area (TPSA) is 58.2 Å². The maximum Gasteiger partial charge on any atom is 0.230 e. The summed E-state index contributed by atoms with van der Waals surface area (Å²) >= 11 is 1.05. The predicted molar refractivity (Wildman–Crippen MR) is 63.9 cm³/mol. The van der Waals surface area contributed by atoms with E-state index in [0.717, 1.165) is 37.6 Å². The molecule has 2 N–H and O–H groups in total. The van der Waals surface area contributed by atoms with Gasteiger partial charge in [0.15, 0.2) is 5.12 Å². The summed E-state index contributed by atoms with van der Waals surface area (Å²) in [7, 11) is 1.93. The largest absolute Gasteiger partial charge is 0.355 e. The third-order valence-corrected chi connectivity index (χ3v) is 2.65. The molecule has 0 bridgehead atoms. The van der Waals surface area contributed by atoms with Crippen molar-refractivity contribution in [2.75, 3.05) is 25.9 Å². The zero-order chi connectivity index (χ0) is 11.5. The standard InChI is InChI=1S/C10H20N2O2S/c1-9(13)15-8-10(14)12-7-5-3-4-6-11-2/h11H,3-8H2,1-2H3,(H,12,14). The fourth-order valence-corrected chi connectivity index (χ4v) is 1.49. The molecule has 0 unspecified atom stereocenters. The SMILES string of the molecule is CNCCCCCNC(=O)CSC(C)=O. The van der Waals surface area contributed by atoms with Crippen molar-refractivity contribution in [1.29, 1.82) is 0 Å². The summed E-state index contributed by atoms with van der Waals surface area (Å²) in [4.78, 5) is 21.7. The Hall–Kier alpha value is -0.550. The summed E-state index contributed by atoms with van der Waals surface area (Å²) in [6, 6.07) is 0. The molecule has 88 valence electrons. The second kappa shape index (κ2) is 9.98. The number of carbonyl (C=O) groups excluding carboxylic acids is 2. The van der Waals surface area contributed by atoms with E-state index in [0.29, 0.717) is 6.54 Å². The lowest BCUT2D eigenvalue weighted by atomic mass is 10.2. The summed E-state index contributed by atoms with van der Waals surface area (Å²) in [5.74, 6) is 0.190. The van der Waals surface area contributed by atoms with Crippen LogP contribution in [0.5, 0.6) is 0 Å². The zero-order valence-electron chi connectivity index (χ0n) is 9.47. The molecule has 0 aliphatic rings. The van der Waals surface area contributed by atoms with Gasteiger partial charge in [-0.05, 0) is 26.4 Å². The molecule has 0 fully saturated rings. The van der Waals surface area contributed by atoms with Crippen LogP contribution in [-0.2, 0) is 9.59 Å². The monoisotopic (exact) mass is 232 g/mol. The Kier molecular flexibility index (Phi) is 9.62. The van der Waals surface area contributed by atoms with E-state index in [4.69, 9.17) is 0 Å². The second-order valence-corrected chi connectivity index (χ2v) is 4.45. The third-order valence-electron chi connectivity index (χ3n) is 1.83. The van der Waals surface area contributed by atoms with Gasteiger partial charge in [0, 0.05) is 13.5 Å². The molecule has 1 amide bonds. The molecule has 0 radical (unpaired) electrons. The highest BCUT2D eigenvalue weighted by Crippen LogP contribution is 1.99. The number of thioether (sulfide) groups is 1. The molecule has 0 aromatic carbocycles. The fourth-order valence-electron chi connectivity index (χ4n) is 1.05. The van der Waals surface area contributed by atoms with Gasteiger partial charge in [-0.25, -0.2) is 0 Å². The molecular weight excluding hydrogens is 212 g/mol. The van der Waals surface area contributed by atoms with Gasteiger partial charge in [-0.1, -0.05) is 18.2 Å². The van der Waals surface area contributed by atoms with Crippen molar-refractivity contribution in [3.05, 3.63) is 0 Å². The summed E-state index contributed by atoms with van der Waals surface area (Å²) in [6.45, 7) is 3.20. The predicted octanol–water partition coefficient (Wildman–Crippen LogP) is 0.772. The Morgan fingerprint density at radius 1 is 1.13 bits per heavy atom. The molecule has 5 heteroatoms. The summed E-state index contributed by atoms with van der Waals surface area (Å²) in [5.41, 5.74) is 0. The van der Waals surface area contributed by atoms with E-state index in [9.17, 15) is 9.59 Å². The fraction of sp³-hybridized carbons (Fsp3) is 0.800. The Balaban J connectivity index is 3.20.